The number of halogens is 3. The number of benzene rings is 1. The molecule has 3 fully saturated rings. The highest BCUT2D eigenvalue weighted by atomic mass is 19.2. The molecule has 0 unspecified atom stereocenters. The van der Waals surface area contributed by atoms with Gasteiger partial charge in [-0.3, -0.25) is 14.5 Å². The molecule has 0 bridgehead atoms. The Hall–Kier alpha value is -2.62. The van der Waals surface area contributed by atoms with Crippen molar-refractivity contribution in [3.05, 3.63) is 35.1 Å². The smallest absolute Gasteiger partial charge is 0.325 e. The van der Waals surface area contributed by atoms with E-state index in [4.69, 9.17) is 0 Å². The first-order chi connectivity index (χ1) is 16.7. The number of nitrogens with one attached hydrogen (secondary N) is 1. The molecule has 1 N–H and O–H groups in total. The summed E-state index contributed by atoms with van der Waals surface area (Å²) in [5.41, 5.74) is -1.53. The van der Waals surface area contributed by atoms with E-state index < -0.39 is 34.5 Å². The zero-order valence-electron chi connectivity index (χ0n) is 20.3. The Morgan fingerprint density at radius 3 is 2.37 bits per heavy atom. The van der Waals surface area contributed by atoms with Gasteiger partial charge >= 0.3 is 6.03 Å². The van der Waals surface area contributed by atoms with Crippen molar-refractivity contribution < 1.29 is 27.6 Å². The van der Waals surface area contributed by atoms with E-state index in [1.165, 1.54) is 9.80 Å². The number of piperidine rings is 1. The minimum atomic E-state index is -1.35. The van der Waals surface area contributed by atoms with Gasteiger partial charge in [-0.05, 0) is 64.1 Å². The number of carbonyl (C=O) groups is 3. The van der Waals surface area contributed by atoms with E-state index in [1.807, 2.05) is 6.92 Å². The maximum absolute atomic E-state index is 14.1. The standard InChI is InChI=1S/C25H33F3N4O3/c1-3-9-25(23(34)32(24(35)29-25)13-8-17-5-4-10-30(17)2)16-6-11-31(12-7-16)22(33)18-14-20(27)21(28)15-19(18)26/h14-17H,3-13H2,1-2H3,(H,29,35)/t17-,25-/m0/s1. The van der Waals surface area contributed by atoms with Crippen LogP contribution in [0.4, 0.5) is 18.0 Å². The summed E-state index contributed by atoms with van der Waals surface area (Å²) in [7, 11) is 2.06. The third kappa shape index (κ3) is 4.77. The van der Waals surface area contributed by atoms with Gasteiger partial charge in [-0.15, -0.1) is 0 Å². The van der Waals surface area contributed by atoms with Gasteiger partial charge in [0.1, 0.15) is 11.4 Å². The molecule has 35 heavy (non-hydrogen) atoms. The lowest BCUT2D eigenvalue weighted by Crippen LogP contribution is -2.56. The van der Waals surface area contributed by atoms with Gasteiger partial charge in [0, 0.05) is 31.7 Å². The zero-order chi connectivity index (χ0) is 25.3. The monoisotopic (exact) mass is 494 g/mol. The van der Waals surface area contributed by atoms with Gasteiger partial charge in [-0.25, -0.2) is 18.0 Å². The second-order valence-electron chi connectivity index (χ2n) is 9.99. The van der Waals surface area contributed by atoms with Crippen molar-refractivity contribution in [2.45, 2.75) is 63.5 Å². The Morgan fingerprint density at radius 1 is 1.06 bits per heavy atom. The van der Waals surface area contributed by atoms with Gasteiger partial charge in [0.25, 0.3) is 11.8 Å². The van der Waals surface area contributed by atoms with Crippen LogP contribution >= 0.6 is 0 Å². The van der Waals surface area contributed by atoms with Crippen LogP contribution < -0.4 is 5.32 Å². The summed E-state index contributed by atoms with van der Waals surface area (Å²) >= 11 is 0. The molecule has 4 amide bonds. The van der Waals surface area contributed by atoms with Crippen LogP contribution in [0.1, 0.15) is 62.2 Å². The molecule has 0 saturated carbocycles. The maximum atomic E-state index is 14.1. The van der Waals surface area contributed by atoms with E-state index in [9.17, 15) is 27.6 Å². The van der Waals surface area contributed by atoms with Crippen molar-refractivity contribution in [2.75, 3.05) is 33.2 Å². The van der Waals surface area contributed by atoms with Gasteiger partial charge in [-0.2, -0.15) is 0 Å². The summed E-state index contributed by atoms with van der Waals surface area (Å²) in [6.07, 6.45) is 4.98. The fraction of sp³-hybridized carbons (Fsp3) is 0.640. The van der Waals surface area contributed by atoms with E-state index in [0.29, 0.717) is 50.4 Å². The van der Waals surface area contributed by atoms with Crippen molar-refractivity contribution in [3.8, 4) is 0 Å². The maximum Gasteiger partial charge on any atom is 0.325 e. The highest BCUT2D eigenvalue weighted by Gasteiger charge is 2.55. The van der Waals surface area contributed by atoms with Crippen LogP contribution in [0.2, 0.25) is 0 Å². The van der Waals surface area contributed by atoms with Crippen LogP contribution in [0.15, 0.2) is 12.1 Å². The fourth-order valence-corrected chi connectivity index (χ4v) is 5.95. The number of carbonyl (C=O) groups excluding carboxylic acids is 3. The van der Waals surface area contributed by atoms with Gasteiger partial charge in [0.15, 0.2) is 11.6 Å². The molecule has 0 spiro atoms. The first-order valence-corrected chi connectivity index (χ1v) is 12.5. The van der Waals surface area contributed by atoms with E-state index >= 15 is 0 Å². The number of hydrogen-bond acceptors (Lipinski definition) is 4. The van der Waals surface area contributed by atoms with E-state index in [-0.39, 0.29) is 30.9 Å². The van der Waals surface area contributed by atoms with Crippen molar-refractivity contribution in [1.82, 2.24) is 20.0 Å². The highest BCUT2D eigenvalue weighted by molar-refractivity contribution is 6.07. The number of likely N-dealkylation sites (tertiary alicyclic amines) is 2. The number of urea groups is 1. The predicted molar refractivity (Wildman–Crippen MR) is 123 cm³/mol. The first kappa shape index (κ1) is 25.5. The largest absolute Gasteiger partial charge is 0.339 e. The van der Waals surface area contributed by atoms with Crippen molar-refractivity contribution in [1.29, 1.82) is 0 Å². The Bertz CT molecular complexity index is 998. The molecular formula is C25H33F3N4O3. The van der Waals surface area contributed by atoms with E-state index in [2.05, 4.69) is 17.3 Å². The summed E-state index contributed by atoms with van der Waals surface area (Å²) in [5.74, 6) is -4.85. The van der Waals surface area contributed by atoms with Gasteiger partial charge < -0.3 is 15.1 Å². The van der Waals surface area contributed by atoms with Crippen LogP contribution in [-0.2, 0) is 4.79 Å². The van der Waals surface area contributed by atoms with Crippen molar-refractivity contribution in [3.63, 3.8) is 0 Å². The van der Waals surface area contributed by atoms with Crippen molar-refractivity contribution >= 4 is 17.8 Å². The van der Waals surface area contributed by atoms with Gasteiger partial charge in [-0.1, -0.05) is 13.3 Å². The lowest BCUT2D eigenvalue weighted by atomic mass is 9.74. The topological polar surface area (TPSA) is 73.0 Å². The lowest BCUT2D eigenvalue weighted by molar-refractivity contribution is -0.134. The molecule has 3 aliphatic heterocycles. The average molecular weight is 495 g/mol. The molecule has 3 aliphatic rings. The Balaban J connectivity index is 1.43. The number of hydrogen-bond donors (Lipinski definition) is 1. The Kier molecular flexibility index (Phi) is 7.40. The lowest BCUT2D eigenvalue weighted by Gasteiger charge is -2.41. The molecule has 0 aliphatic carbocycles. The first-order valence-electron chi connectivity index (χ1n) is 12.5. The van der Waals surface area contributed by atoms with Crippen LogP contribution in [0.3, 0.4) is 0 Å². The number of amides is 4. The molecule has 3 saturated heterocycles. The average Bonchev–Trinajstić information content (AvgIpc) is 3.35. The minimum Gasteiger partial charge on any atom is -0.339 e. The highest BCUT2D eigenvalue weighted by Crippen LogP contribution is 2.38. The molecule has 3 heterocycles. The summed E-state index contributed by atoms with van der Waals surface area (Å²) in [4.78, 5) is 44.2. The molecule has 4 rings (SSSR count). The quantitative estimate of drug-likeness (QED) is 0.465. The summed E-state index contributed by atoms with van der Waals surface area (Å²) in [6.45, 7) is 3.81. The third-order valence-corrected chi connectivity index (χ3v) is 7.92. The molecule has 0 aromatic heterocycles. The third-order valence-electron chi connectivity index (χ3n) is 7.92. The number of rotatable bonds is 7. The summed E-state index contributed by atoms with van der Waals surface area (Å²) in [6, 6.07) is 0.947. The van der Waals surface area contributed by atoms with Crippen LogP contribution in [0.5, 0.6) is 0 Å². The predicted octanol–water partition coefficient (Wildman–Crippen LogP) is 3.53. The van der Waals surface area contributed by atoms with Gasteiger partial charge in [0.05, 0.1) is 5.56 Å². The molecule has 192 valence electrons. The molecular weight excluding hydrogens is 461 g/mol. The number of imide groups is 1. The normalized spacial score (nSPS) is 26.0. The second kappa shape index (κ2) is 10.2. The van der Waals surface area contributed by atoms with Crippen molar-refractivity contribution in [2.24, 2.45) is 5.92 Å². The summed E-state index contributed by atoms with van der Waals surface area (Å²) < 4.78 is 41.0. The molecule has 2 atom stereocenters. The van der Waals surface area contributed by atoms with Crippen LogP contribution in [0.25, 0.3) is 0 Å². The molecule has 0 radical (unpaired) electrons. The minimum absolute atomic E-state index is 0.183. The van der Waals surface area contributed by atoms with E-state index in [1.54, 1.807) is 0 Å². The van der Waals surface area contributed by atoms with E-state index in [0.717, 1.165) is 25.8 Å². The van der Waals surface area contributed by atoms with Crippen LogP contribution in [0, 0.1) is 23.4 Å². The van der Waals surface area contributed by atoms with Crippen LogP contribution in [-0.4, -0.2) is 77.4 Å². The number of nitrogens with zero attached hydrogens (tertiary/aromatic N) is 3. The summed E-state index contributed by atoms with van der Waals surface area (Å²) in [5, 5.41) is 2.99. The molecule has 1 aromatic carbocycles. The van der Waals surface area contributed by atoms with Gasteiger partial charge in [0.2, 0.25) is 0 Å². The molecule has 7 nitrogen and oxygen atoms in total. The molecule has 1 aromatic rings. The SMILES string of the molecule is CCC[C@@]1(C2CCN(C(=O)c3cc(F)c(F)cc3F)CC2)NC(=O)N(CC[C@@H]2CCCN2C)C1=O. The zero-order valence-corrected chi connectivity index (χ0v) is 20.3. The molecule has 10 heteroatoms. The Labute approximate surface area is 203 Å². The second-order valence-corrected chi connectivity index (χ2v) is 9.99. The Morgan fingerprint density at radius 2 is 1.74 bits per heavy atom. The fourth-order valence-electron chi connectivity index (χ4n) is 5.95.